The lowest BCUT2D eigenvalue weighted by molar-refractivity contribution is -0.148. The lowest BCUT2D eigenvalue weighted by Gasteiger charge is -2.36. The normalized spacial score (nSPS) is 17.5. The highest BCUT2D eigenvalue weighted by molar-refractivity contribution is 5.85. The Labute approximate surface area is 135 Å². The minimum Gasteiger partial charge on any atom is -0.314 e. The van der Waals surface area contributed by atoms with Crippen LogP contribution < -0.4 is 5.32 Å². The van der Waals surface area contributed by atoms with Gasteiger partial charge in [-0.3, -0.25) is 4.90 Å². The first-order valence-corrected chi connectivity index (χ1v) is 6.54. The molecule has 0 unspecified atom stereocenters. The summed E-state index contributed by atoms with van der Waals surface area (Å²) in [5, 5.41) is 3.18. The maximum atomic E-state index is 12.8. The van der Waals surface area contributed by atoms with Crippen LogP contribution in [0.1, 0.15) is 23.6 Å². The van der Waals surface area contributed by atoms with E-state index in [2.05, 4.69) is 5.32 Å². The summed E-state index contributed by atoms with van der Waals surface area (Å²) in [6.07, 6.45) is -4.92. The lowest BCUT2D eigenvalue weighted by Crippen LogP contribution is -2.46. The number of nitrogens with zero attached hydrogens (tertiary/aromatic N) is 1. The van der Waals surface area contributed by atoms with Crippen LogP contribution in [-0.4, -0.2) is 37.3 Å². The van der Waals surface area contributed by atoms with Gasteiger partial charge in [-0.15, -0.1) is 24.8 Å². The van der Waals surface area contributed by atoms with Crippen molar-refractivity contribution in [2.45, 2.75) is 25.6 Å². The van der Waals surface area contributed by atoms with Crippen molar-refractivity contribution in [1.29, 1.82) is 0 Å². The van der Waals surface area contributed by atoms with E-state index in [0.717, 1.165) is 24.2 Å². The number of nitrogens with one attached hydrogen (secondary N) is 1. The predicted octanol–water partition coefficient (Wildman–Crippen LogP) is 3.74. The first-order chi connectivity index (χ1) is 8.97. The van der Waals surface area contributed by atoms with E-state index in [1.165, 1.54) is 0 Å². The van der Waals surface area contributed by atoms with Crippen LogP contribution in [0.15, 0.2) is 24.3 Å². The zero-order valence-corrected chi connectivity index (χ0v) is 13.5. The standard InChI is InChI=1S/C14H19F3N2.2ClH/c1-11-4-2-3-5-12(11)13(10-14(15,16)17)19-8-6-18-7-9-19;;/h2-5,13,18H,6-10H2,1H3;2*1H/t13-;;/m1../s1. The van der Waals surface area contributed by atoms with Gasteiger partial charge < -0.3 is 5.32 Å². The van der Waals surface area contributed by atoms with Gasteiger partial charge in [0.2, 0.25) is 0 Å². The molecule has 0 aromatic heterocycles. The molecule has 1 atom stereocenters. The van der Waals surface area contributed by atoms with Crippen molar-refractivity contribution in [1.82, 2.24) is 10.2 Å². The van der Waals surface area contributed by atoms with Crippen LogP contribution in [0, 0.1) is 6.92 Å². The molecule has 1 aromatic carbocycles. The van der Waals surface area contributed by atoms with Gasteiger partial charge in [0.15, 0.2) is 0 Å². The van der Waals surface area contributed by atoms with Crippen LogP contribution >= 0.6 is 24.8 Å². The second kappa shape index (κ2) is 8.83. The van der Waals surface area contributed by atoms with Crippen molar-refractivity contribution < 1.29 is 13.2 Å². The van der Waals surface area contributed by atoms with Gasteiger partial charge in [-0.05, 0) is 18.1 Å². The Morgan fingerprint density at radius 1 is 1.14 bits per heavy atom. The van der Waals surface area contributed by atoms with E-state index >= 15 is 0 Å². The number of halogens is 5. The minimum atomic E-state index is -4.14. The van der Waals surface area contributed by atoms with Crippen LogP contribution in [0.3, 0.4) is 0 Å². The van der Waals surface area contributed by atoms with Gasteiger partial charge in [0.25, 0.3) is 0 Å². The second-order valence-electron chi connectivity index (χ2n) is 4.98. The number of hydrogen-bond donors (Lipinski definition) is 1. The number of aryl methyl sites for hydroxylation is 1. The summed E-state index contributed by atoms with van der Waals surface area (Å²) in [7, 11) is 0. The fourth-order valence-electron chi connectivity index (χ4n) is 2.61. The van der Waals surface area contributed by atoms with Crippen molar-refractivity contribution in [2.75, 3.05) is 26.2 Å². The SMILES string of the molecule is Cc1ccccc1[C@@H](CC(F)(F)F)N1CCNCC1.Cl.Cl. The average molecular weight is 345 g/mol. The van der Waals surface area contributed by atoms with Gasteiger partial charge in [-0.1, -0.05) is 24.3 Å². The van der Waals surface area contributed by atoms with Gasteiger partial charge in [-0.2, -0.15) is 13.2 Å². The highest BCUT2D eigenvalue weighted by Gasteiger charge is 2.36. The summed E-state index contributed by atoms with van der Waals surface area (Å²) >= 11 is 0. The van der Waals surface area contributed by atoms with E-state index in [1.807, 2.05) is 36.1 Å². The lowest BCUT2D eigenvalue weighted by atomic mass is 9.96. The highest BCUT2D eigenvalue weighted by atomic mass is 35.5. The minimum absolute atomic E-state index is 0. The van der Waals surface area contributed by atoms with Gasteiger partial charge >= 0.3 is 6.18 Å². The molecular formula is C14H21Cl2F3N2. The second-order valence-corrected chi connectivity index (χ2v) is 4.98. The third kappa shape index (κ3) is 6.02. The van der Waals surface area contributed by atoms with Crippen LogP contribution in [0.5, 0.6) is 0 Å². The maximum Gasteiger partial charge on any atom is 0.390 e. The van der Waals surface area contributed by atoms with E-state index in [4.69, 9.17) is 0 Å². The number of alkyl halides is 3. The van der Waals surface area contributed by atoms with Crippen LogP contribution in [0.4, 0.5) is 13.2 Å². The molecule has 2 rings (SSSR count). The molecule has 1 aliphatic rings. The Kier molecular flexibility index (Phi) is 8.63. The van der Waals surface area contributed by atoms with Crippen molar-refractivity contribution in [3.63, 3.8) is 0 Å². The molecule has 0 amide bonds. The molecular weight excluding hydrogens is 324 g/mol. The molecule has 1 N–H and O–H groups in total. The maximum absolute atomic E-state index is 12.8. The smallest absolute Gasteiger partial charge is 0.314 e. The molecule has 7 heteroatoms. The van der Waals surface area contributed by atoms with Gasteiger partial charge in [-0.25, -0.2) is 0 Å². The van der Waals surface area contributed by atoms with Crippen LogP contribution in [-0.2, 0) is 0 Å². The summed E-state index contributed by atoms with van der Waals surface area (Å²) in [5.74, 6) is 0. The molecule has 0 aliphatic carbocycles. The van der Waals surface area contributed by atoms with Crippen LogP contribution in [0.25, 0.3) is 0 Å². The number of rotatable bonds is 3. The van der Waals surface area contributed by atoms with E-state index in [9.17, 15) is 13.2 Å². The molecule has 21 heavy (non-hydrogen) atoms. The molecule has 2 nitrogen and oxygen atoms in total. The molecule has 1 heterocycles. The number of hydrogen-bond acceptors (Lipinski definition) is 2. The Morgan fingerprint density at radius 3 is 2.24 bits per heavy atom. The Morgan fingerprint density at radius 2 is 1.71 bits per heavy atom. The average Bonchev–Trinajstić information content (AvgIpc) is 2.37. The molecule has 1 fully saturated rings. The van der Waals surface area contributed by atoms with Crippen LogP contribution in [0.2, 0.25) is 0 Å². The largest absolute Gasteiger partial charge is 0.390 e. The van der Waals surface area contributed by atoms with E-state index < -0.39 is 18.6 Å². The Hall–Kier alpha value is -0.490. The molecule has 0 saturated carbocycles. The van der Waals surface area contributed by atoms with Gasteiger partial charge in [0.1, 0.15) is 0 Å². The third-order valence-electron chi connectivity index (χ3n) is 3.56. The van der Waals surface area contributed by atoms with E-state index in [0.29, 0.717) is 13.1 Å². The van der Waals surface area contributed by atoms with E-state index in [-0.39, 0.29) is 24.8 Å². The molecule has 0 spiro atoms. The number of benzene rings is 1. The topological polar surface area (TPSA) is 15.3 Å². The quantitative estimate of drug-likeness (QED) is 0.898. The van der Waals surface area contributed by atoms with E-state index in [1.54, 1.807) is 0 Å². The van der Waals surface area contributed by atoms with Gasteiger partial charge in [0.05, 0.1) is 6.42 Å². The van der Waals surface area contributed by atoms with Crippen molar-refractivity contribution in [3.8, 4) is 0 Å². The predicted molar refractivity (Wildman–Crippen MR) is 83.5 cm³/mol. The first kappa shape index (κ1) is 20.5. The fraction of sp³-hybridized carbons (Fsp3) is 0.571. The van der Waals surface area contributed by atoms with Crippen molar-refractivity contribution >= 4 is 24.8 Å². The molecule has 1 aromatic rings. The van der Waals surface area contributed by atoms with Gasteiger partial charge in [0, 0.05) is 32.2 Å². The molecule has 0 radical (unpaired) electrons. The summed E-state index contributed by atoms with van der Waals surface area (Å²) in [6.45, 7) is 4.70. The summed E-state index contributed by atoms with van der Waals surface area (Å²) < 4.78 is 38.5. The molecule has 0 bridgehead atoms. The monoisotopic (exact) mass is 344 g/mol. The summed E-state index contributed by atoms with van der Waals surface area (Å²) in [5.41, 5.74) is 1.72. The molecule has 122 valence electrons. The Bertz CT molecular complexity index is 421. The summed E-state index contributed by atoms with van der Waals surface area (Å²) in [4.78, 5) is 1.94. The Balaban J connectivity index is 0.00000200. The zero-order valence-electron chi connectivity index (χ0n) is 11.8. The summed E-state index contributed by atoms with van der Waals surface area (Å²) in [6, 6.07) is 6.80. The molecule has 1 saturated heterocycles. The van der Waals surface area contributed by atoms with Crippen molar-refractivity contribution in [3.05, 3.63) is 35.4 Å². The van der Waals surface area contributed by atoms with Crippen molar-refractivity contribution in [2.24, 2.45) is 0 Å². The third-order valence-corrected chi connectivity index (χ3v) is 3.56. The number of piperazine rings is 1. The first-order valence-electron chi connectivity index (χ1n) is 6.54. The zero-order chi connectivity index (χ0) is 13.9. The highest BCUT2D eigenvalue weighted by Crippen LogP contribution is 2.35. The fourth-order valence-corrected chi connectivity index (χ4v) is 2.61. The molecule has 1 aliphatic heterocycles.